The number of methoxy groups -OCH3 is 1. The monoisotopic (exact) mass is 252 g/mol. The number of nitrogens with one attached hydrogen (secondary N) is 1. The van der Waals surface area contributed by atoms with Gasteiger partial charge >= 0.3 is 0 Å². The Balaban J connectivity index is 2.20. The van der Waals surface area contributed by atoms with Crippen molar-refractivity contribution >= 4 is 11.6 Å². The maximum Gasteiger partial charge on any atom is 0.135 e. The van der Waals surface area contributed by atoms with Gasteiger partial charge < -0.3 is 14.8 Å². The van der Waals surface area contributed by atoms with Gasteiger partial charge in [0.2, 0.25) is 0 Å². The summed E-state index contributed by atoms with van der Waals surface area (Å²) in [7, 11) is 1.59. The molecule has 5 heteroatoms. The molecule has 2 rings (SSSR count). The van der Waals surface area contributed by atoms with E-state index in [9.17, 15) is 5.11 Å². The van der Waals surface area contributed by atoms with E-state index in [2.05, 4.69) is 9.97 Å². The van der Waals surface area contributed by atoms with Crippen LogP contribution in [0.15, 0.2) is 30.6 Å². The first-order valence-corrected chi connectivity index (χ1v) is 5.58. The molecule has 2 N–H and O–H groups in total. The molecule has 0 amide bonds. The molecule has 0 saturated heterocycles. The molecule has 1 aromatic carbocycles. The maximum absolute atomic E-state index is 9.98. The van der Waals surface area contributed by atoms with Crippen molar-refractivity contribution in [1.29, 1.82) is 0 Å². The molecule has 0 radical (unpaired) electrons. The number of benzene rings is 1. The Hall–Kier alpha value is -1.52. The lowest BCUT2D eigenvalue weighted by atomic mass is 10.1. The van der Waals surface area contributed by atoms with Crippen LogP contribution in [0.1, 0.15) is 17.5 Å². The van der Waals surface area contributed by atoms with Crippen LogP contribution >= 0.6 is 11.6 Å². The lowest BCUT2D eigenvalue weighted by Crippen LogP contribution is -2.05. The number of aromatic nitrogens is 2. The molecule has 4 nitrogen and oxygen atoms in total. The Labute approximate surface area is 104 Å². The van der Waals surface area contributed by atoms with Gasteiger partial charge in [0, 0.05) is 23.8 Å². The quantitative estimate of drug-likeness (QED) is 0.878. The third-order valence-electron chi connectivity index (χ3n) is 2.49. The predicted octanol–water partition coefficient (Wildman–Crippen LogP) is 2.35. The number of nitrogens with zero attached hydrogens (tertiary/aromatic N) is 1. The van der Waals surface area contributed by atoms with Crippen LogP contribution in [0.2, 0.25) is 5.02 Å². The first-order valence-electron chi connectivity index (χ1n) is 5.20. The van der Waals surface area contributed by atoms with Crippen molar-refractivity contribution in [3.05, 3.63) is 47.0 Å². The minimum Gasteiger partial charge on any atom is -0.496 e. The number of rotatable bonds is 4. The van der Waals surface area contributed by atoms with Gasteiger partial charge in [0.05, 0.1) is 7.11 Å². The van der Waals surface area contributed by atoms with Crippen LogP contribution in [-0.2, 0) is 6.42 Å². The Morgan fingerprint density at radius 3 is 3.00 bits per heavy atom. The Morgan fingerprint density at radius 1 is 1.53 bits per heavy atom. The molecule has 1 unspecified atom stereocenters. The van der Waals surface area contributed by atoms with E-state index in [1.165, 1.54) is 0 Å². The van der Waals surface area contributed by atoms with Gasteiger partial charge in [-0.15, -0.1) is 0 Å². The number of halogens is 1. The molecule has 0 aliphatic rings. The van der Waals surface area contributed by atoms with Gasteiger partial charge in [-0.25, -0.2) is 4.98 Å². The zero-order valence-corrected chi connectivity index (χ0v) is 10.1. The maximum atomic E-state index is 9.98. The summed E-state index contributed by atoms with van der Waals surface area (Å²) in [6.07, 6.45) is 2.98. The van der Waals surface area contributed by atoms with Crippen LogP contribution in [0.3, 0.4) is 0 Å². The standard InChI is InChI=1S/C12H13ClN2O2/c1-17-11-3-2-9(13)6-8(11)7-10(16)12-14-4-5-15-12/h2-6,10,16H,7H2,1H3,(H,14,15). The fraction of sp³-hybridized carbons (Fsp3) is 0.250. The summed E-state index contributed by atoms with van der Waals surface area (Å²) >= 11 is 5.92. The highest BCUT2D eigenvalue weighted by Crippen LogP contribution is 2.26. The van der Waals surface area contributed by atoms with Crippen LogP contribution < -0.4 is 4.74 Å². The van der Waals surface area contributed by atoms with Crippen molar-refractivity contribution in [1.82, 2.24) is 9.97 Å². The minimum absolute atomic E-state index is 0.400. The molecule has 0 spiro atoms. The second kappa shape index (κ2) is 5.21. The Morgan fingerprint density at radius 2 is 2.35 bits per heavy atom. The topological polar surface area (TPSA) is 58.1 Å². The number of hydrogen-bond acceptors (Lipinski definition) is 3. The number of aliphatic hydroxyl groups excluding tert-OH is 1. The molecule has 90 valence electrons. The van der Waals surface area contributed by atoms with E-state index in [1.807, 2.05) is 0 Å². The van der Waals surface area contributed by atoms with Crippen LogP contribution in [0.4, 0.5) is 0 Å². The Kier molecular flexibility index (Phi) is 3.66. The molecule has 0 aliphatic heterocycles. The number of H-pyrrole nitrogens is 1. The van der Waals surface area contributed by atoms with Gasteiger partial charge in [0.1, 0.15) is 17.7 Å². The number of imidazole rings is 1. The molecule has 0 aliphatic carbocycles. The van der Waals surface area contributed by atoms with Gasteiger partial charge in [-0.2, -0.15) is 0 Å². The summed E-state index contributed by atoms with van der Waals surface area (Å²) in [4.78, 5) is 6.89. The van der Waals surface area contributed by atoms with Gasteiger partial charge in [-0.1, -0.05) is 11.6 Å². The lowest BCUT2D eigenvalue weighted by molar-refractivity contribution is 0.168. The van der Waals surface area contributed by atoms with Crippen molar-refractivity contribution in [2.24, 2.45) is 0 Å². The van der Waals surface area contributed by atoms with Gasteiger partial charge in [0.25, 0.3) is 0 Å². The van der Waals surface area contributed by atoms with Gasteiger partial charge in [0.15, 0.2) is 0 Å². The van der Waals surface area contributed by atoms with E-state index in [1.54, 1.807) is 37.7 Å². The summed E-state index contributed by atoms with van der Waals surface area (Å²) < 4.78 is 5.22. The number of ether oxygens (including phenoxy) is 1. The molecule has 2 aromatic rings. The summed E-state index contributed by atoms with van der Waals surface area (Å²) in [5, 5.41) is 10.6. The second-order valence-electron chi connectivity index (χ2n) is 3.65. The van der Waals surface area contributed by atoms with E-state index >= 15 is 0 Å². The number of aromatic amines is 1. The van der Waals surface area contributed by atoms with Crippen molar-refractivity contribution in [3.63, 3.8) is 0 Å². The van der Waals surface area contributed by atoms with Crippen molar-refractivity contribution in [2.45, 2.75) is 12.5 Å². The highest BCUT2D eigenvalue weighted by atomic mass is 35.5. The molecular weight excluding hydrogens is 240 g/mol. The van der Waals surface area contributed by atoms with Crippen LogP contribution in [0.25, 0.3) is 0 Å². The molecule has 0 bridgehead atoms. The fourth-order valence-corrected chi connectivity index (χ4v) is 1.87. The van der Waals surface area contributed by atoms with E-state index in [0.29, 0.717) is 23.0 Å². The van der Waals surface area contributed by atoms with E-state index < -0.39 is 6.10 Å². The molecule has 0 saturated carbocycles. The first-order chi connectivity index (χ1) is 8.20. The van der Waals surface area contributed by atoms with Gasteiger partial charge in [-0.3, -0.25) is 0 Å². The van der Waals surface area contributed by atoms with Crippen molar-refractivity contribution in [3.8, 4) is 5.75 Å². The predicted molar refractivity (Wildman–Crippen MR) is 65.3 cm³/mol. The Bertz CT molecular complexity index is 485. The zero-order chi connectivity index (χ0) is 12.3. The molecule has 1 aromatic heterocycles. The summed E-state index contributed by atoms with van der Waals surface area (Å²) in [6.45, 7) is 0. The van der Waals surface area contributed by atoms with E-state index in [4.69, 9.17) is 16.3 Å². The molecule has 0 fully saturated rings. The summed E-state index contributed by atoms with van der Waals surface area (Å²) in [5.74, 6) is 1.24. The second-order valence-corrected chi connectivity index (χ2v) is 4.09. The third-order valence-corrected chi connectivity index (χ3v) is 2.73. The zero-order valence-electron chi connectivity index (χ0n) is 9.35. The molecular formula is C12H13ClN2O2. The molecule has 1 heterocycles. The van der Waals surface area contributed by atoms with Crippen LogP contribution in [-0.4, -0.2) is 22.2 Å². The first kappa shape index (κ1) is 12.0. The summed E-state index contributed by atoms with van der Waals surface area (Å²) in [5.41, 5.74) is 0.851. The van der Waals surface area contributed by atoms with Crippen molar-refractivity contribution < 1.29 is 9.84 Å². The van der Waals surface area contributed by atoms with E-state index in [0.717, 1.165) is 5.56 Å². The highest BCUT2D eigenvalue weighted by Gasteiger charge is 2.14. The largest absolute Gasteiger partial charge is 0.496 e. The van der Waals surface area contributed by atoms with Crippen molar-refractivity contribution in [2.75, 3.05) is 7.11 Å². The van der Waals surface area contributed by atoms with Crippen LogP contribution in [0.5, 0.6) is 5.75 Å². The third kappa shape index (κ3) is 2.78. The number of hydrogen-bond donors (Lipinski definition) is 2. The molecule has 1 atom stereocenters. The fourth-order valence-electron chi connectivity index (χ4n) is 1.67. The summed E-state index contributed by atoms with van der Waals surface area (Å²) in [6, 6.07) is 5.32. The SMILES string of the molecule is COc1ccc(Cl)cc1CC(O)c1ncc[nH]1. The average molecular weight is 253 g/mol. The van der Waals surface area contributed by atoms with Crippen LogP contribution in [0, 0.1) is 0 Å². The average Bonchev–Trinajstić information content (AvgIpc) is 2.83. The lowest BCUT2D eigenvalue weighted by Gasteiger charge is -2.12. The highest BCUT2D eigenvalue weighted by molar-refractivity contribution is 6.30. The van der Waals surface area contributed by atoms with E-state index in [-0.39, 0.29) is 0 Å². The minimum atomic E-state index is -0.697. The molecule has 17 heavy (non-hydrogen) atoms. The normalized spacial score (nSPS) is 12.4. The smallest absolute Gasteiger partial charge is 0.135 e. The number of aliphatic hydroxyl groups is 1. The van der Waals surface area contributed by atoms with Gasteiger partial charge in [-0.05, 0) is 23.8 Å².